The number of rotatable bonds is 4. The van der Waals surface area contributed by atoms with Crippen molar-refractivity contribution >= 4 is 18.3 Å². The summed E-state index contributed by atoms with van der Waals surface area (Å²) in [5.74, 6) is 0.999. The van der Waals surface area contributed by atoms with E-state index in [2.05, 4.69) is 5.32 Å². The van der Waals surface area contributed by atoms with Crippen LogP contribution in [0.5, 0.6) is 0 Å². The van der Waals surface area contributed by atoms with Crippen LogP contribution in [0.2, 0.25) is 0 Å². The number of hydrogen-bond donors (Lipinski definition) is 1. The van der Waals surface area contributed by atoms with Gasteiger partial charge in [0.25, 0.3) is 0 Å². The average Bonchev–Trinajstić information content (AvgIpc) is 2.24. The molecule has 17 heavy (non-hydrogen) atoms. The van der Waals surface area contributed by atoms with Crippen LogP contribution in [0.4, 0.5) is 0 Å². The van der Waals surface area contributed by atoms with Crippen molar-refractivity contribution < 1.29 is 9.53 Å². The minimum atomic E-state index is 0. The topological polar surface area (TPSA) is 41.6 Å². The first-order valence-electron chi connectivity index (χ1n) is 6.31. The largest absolute Gasteiger partial charge is 0.378 e. The third-order valence-electron chi connectivity index (χ3n) is 3.60. The Morgan fingerprint density at radius 2 is 2.24 bits per heavy atom. The standard InChI is InChI=1S/C12H22N2O2.ClH/c1-14(8-10-3-2-4-10)12(15)7-11-9-16-6-5-13-11;/h10-11,13H,2-9H2,1H3;1H. The van der Waals surface area contributed by atoms with Crippen LogP contribution in [0.25, 0.3) is 0 Å². The Kier molecular flexibility index (Phi) is 6.23. The molecule has 1 unspecified atom stereocenters. The highest BCUT2D eigenvalue weighted by atomic mass is 35.5. The highest BCUT2D eigenvalue weighted by molar-refractivity contribution is 5.85. The Balaban J connectivity index is 0.00000144. The summed E-state index contributed by atoms with van der Waals surface area (Å²) < 4.78 is 5.34. The molecule has 0 aromatic heterocycles. The maximum atomic E-state index is 11.9. The van der Waals surface area contributed by atoms with Gasteiger partial charge < -0.3 is 15.0 Å². The first kappa shape index (κ1) is 14.7. The molecule has 1 aliphatic carbocycles. The molecule has 1 aliphatic heterocycles. The van der Waals surface area contributed by atoms with Gasteiger partial charge in [0.15, 0.2) is 0 Å². The van der Waals surface area contributed by atoms with Gasteiger partial charge in [0.2, 0.25) is 5.91 Å². The summed E-state index contributed by atoms with van der Waals surface area (Å²) in [6.07, 6.45) is 4.50. The number of carbonyl (C=O) groups excluding carboxylic acids is 1. The Morgan fingerprint density at radius 3 is 2.76 bits per heavy atom. The lowest BCUT2D eigenvalue weighted by atomic mass is 9.85. The molecule has 2 aliphatic rings. The van der Waals surface area contributed by atoms with Crippen molar-refractivity contribution in [2.75, 3.05) is 33.4 Å². The molecule has 2 fully saturated rings. The smallest absolute Gasteiger partial charge is 0.223 e. The van der Waals surface area contributed by atoms with Crippen molar-refractivity contribution in [3.8, 4) is 0 Å². The molecular weight excluding hydrogens is 240 g/mol. The third kappa shape index (κ3) is 4.45. The maximum absolute atomic E-state index is 11.9. The van der Waals surface area contributed by atoms with Crippen molar-refractivity contribution in [3.05, 3.63) is 0 Å². The molecule has 1 saturated carbocycles. The maximum Gasteiger partial charge on any atom is 0.223 e. The summed E-state index contributed by atoms with van der Waals surface area (Å²) in [5.41, 5.74) is 0. The zero-order valence-electron chi connectivity index (χ0n) is 10.5. The highest BCUT2D eigenvalue weighted by Crippen LogP contribution is 2.26. The monoisotopic (exact) mass is 262 g/mol. The predicted octanol–water partition coefficient (Wildman–Crippen LogP) is 1.05. The zero-order valence-corrected chi connectivity index (χ0v) is 11.3. The van der Waals surface area contributed by atoms with Gasteiger partial charge in [-0.25, -0.2) is 0 Å². The van der Waals surface area contributed by atoms with Crippen LogP contribution < -0.4 is 5.32 Å². The van der Waals surface area contributed by atoms with Crippen molar-refractivity contribution in [3.63, 3.8) is 0 Å². The number of ether oxygens (including phenoxy) is 1. The van der Waals surface area contributed by atoms with Crippen molar-refractivity contribution in [2.45, 2.75) is 31.7 Å². The molecule has 1 heterocycles. The van der Waals surface area contributed by atoms with Gasteiger partial charge in [0.05, 0.1) is 13.2 Å². The summed E-state index contributed by atoms with van der Waals surface area (Å²) >= 11 is 0. The Morgan fingerprint density at radius 1 is 1.47 bits per heavy atom. The number of hydrogen-bond acceptors (Lipinski definition) is 3. The van der Waals surface area contributed by atoms with Crippen LogP contribution in [0.15, 0.2) is 0 Å². The number of halogens is 1. The normalized spacial score (nSPS) is 24.6. The quantitative estimate of drug-likeness (QED) is 0.823. The lowest BCUT2D eigenvalue weighted by Gasteiger charge is -2.31. The predicted molar refractivity (Wildman–Crippen MR) is 69.5 cm³/mol. The van der Waals surface area contributed by atoms with E-state index in [0.717, 1.165) is 25.6 Å². The first-order chi connectivity index (χ1) is 7.75. The van der Waals surface area contributed by atoms with Gasteiger partial charge in [-0.15, -0.1) is 12.4 Å². The Labute approximate surface area is 109 Å². The highest BCUT2D eigenvalue weighted by Gasteiger charge is 2.23. The second-order valence-corrected chi connectivity index (χ2v) is 5.00. The number of nitrogens with zero attached hydrogens (tertiary/aromatic N) is 1. The number of carbonyl (C=O) groups is 1. The fourth-order valence-corrected chi connectivity index (χ4v) is 2.28. The molecule has 1 N–H and O–H groups in total. The molecule has 100 valence electrons. The molecule has 0 spiro atoms. The van der Waals surface area contributed by atoms with Gasteiger partial charge in [0.1, 0.15) is 0 Å². The zero-order chi connectivity index (χ0) is 11.4. The van der Waals surface area contributed by atoms with Gasteiger partial charge in [0, 0.05) is 32.6 Å². The van der Waals surface area contributed by atoms with E-state index in [1.165, 1.54) is 19.3 Å². The summed E-state index contributed by atoms with van der Waals surface area (Å²) in [4.78, 5) is 13.8. The fraction of sp³-hybridized carbons (Fsp3) is 0.917. The molecular formula is C12H23ClN2O2. The van der Waals surface area contributed by atoms with Gasteiger partial charge in [-0.1, -0.05) is 6.42 Å². The number of nitrogens with one attached hydrogen (secondary N) is 1. The SMILES string of the molecule is CN(CC1CCC1)C(=O)CC1COCCN1.Cl. The van der Waals surface area contributed by atoms with E-state index in [4.69, 9.17) is 4.74 Å². The van der Waals surface area contributed by atoms with E-state index in [1.807, 2.05) is 11.9 Å². The minimum Gasteiger partial charge on any atom is -0.378 e. The number of amides is 1. The van der Waals surface area contributed by atoms with Crippen molar-refractivity contribution in [2.24, 2.45) is 5.92 Å². The first-order valence-corrected chi connectivity index (χ1v) is 6.31. The Bertz CT molecular complexity index is 241. The molecule has 0 aromatic carbocycles. The second kappa shape index (κ2) is 7.19. The summed E-state index contributed by atoms with van der Waals surface area (Å²) in [6.45, 7) is 3.24. The van der Waals surface area contributed by atoms with Crippen molar-refractivity contribution in [1.82, 2.24) is 10.2 Å². The van der Waals surface area contributed by atoms with Gasteiger partial charge >= 0.3 is 0 Å². The molecule has 0 radical (unpaired) electrons. The van der Waals surface area contributed by atoms with Crippen LogP contribution in [0, 0.1) is 5.92 Å². The fourth-order valence-electron chi connectivity index (χ4n) is 2.28. The van der Waals surface area contributed by atoms with Crippen LogP contribution >= 0.6 is 12.4 Å². The summed E-state index contributed by atoms with van der Waals surface area (Å²) in [6, 6.07) is 0.213. The summed E-state index contributed by atoms with van der Waals surface area (Å²) in [5, 5.41) is 3.31. The van der Waals surface area contributed by atoms with Crippen LogP contribution in [-0.2, 0) is 9.53 Å². The second-order valence-electron chi connectivity index (χ2n) is 5.00. The van der Waals surface area contributed by atoms with E-state index in [9.17, 15) is 4.79 Å². The van der Waals surface area contributed by atoms with Gasteiger partial charge in [-0.3, -0.25) is 4.79 Å². The van der Waals surface area contributed by atoms with Crippen LogP contribution in [-0.4, -0.2) is 50.2 Å². The third-order valence-corrected chi connectivity index (χ3v) is 3.60. The van der Waals surface area contributed by atoms with Gasteiger partial charge in [-0.2, -0.15) is 0 Å². The molecule has 0 aromatic rings. The van der Waals surface area contributed by atoms with E-state index < -0.39 is 0 Å². The van der Waals surface area contributed by atoms with Crippen LogP contribution in [0.1, 0.15) is 25.7 Å². The molecule has 1 amide bonds. The Hall–Kier alpha value is -0.320. The molecule has 4 nitrogen and oxygen atoms in total. The summed E-state index contributed by atoms with van der Waals surface area (Å²) in [7, 11) is 1.92. The molecule has 1 atom stereocenters. The molecule has 0 bridgehead atoms. The van der Waals surface area contributed by atoms with E-state index in [0.29, 0.717) is 13.0 Å². The van der Waals surface area contributed by atoms with E-state index in [1.54, 1.807) is 0 Å². The van der Waals surface area contributed by atoms with Crippen LogP contribution in [0.3, 0.4) is 0 Å². The average molecular weight is 263 g/mol. The minimum absolute atomic E-state index is 0. The van der Waals surface area contributed by atoms with E-state index >= 15 is 0 Å². The van der Waals surface area contributed by atoms with E-state index in [-0.39, 0.29) is 24.4 Å². The lowest BCUT2D eigenvalue weighted by Crippen LogP contribution is -2.45. The molecule has 2 rings (SSSR count). The number of morpholine rings is 1. The van der Waals surface area contributed by atoms with Crippen molar-refractivity contribution in [1.29, 1.82) is 0 Å². The lowest BCUT2D eigenvalue weighted by molar-refractivity contribution is -0.132. The van der Waals surface area contributed by atoms with Gasteiger partial charge in [-0.05, 0) is 18.8 Å². The molecule has 5 heteroatoms. The molecule has 1 saturated heterocycles.